The summed E-state index contributed by atoms with van der Waals surface area (Å²) in [5, 5.41) is 0.808. The molecule has 4 nitrogen and oxygen atoms in total. The highest BCUT2D eigenvalue weighted by molar-refractivity contribution is 8.01. The smallest absolute Gasteiger partial charge is 0.339 e. The number of esters is 1. The van der Waals surface area contributed by atoms with E-state index < -0.39 is 0 Å². The third kappa shape index (κ3) is 3.22. The minimum atomic E-state index is -0.346. The molecule has 0 bridgehead atoms. The van der Waals surface area contributed by atoms with Crippen molar-refractivity contribution in [1.29, 1.82) is 0 Å². The molecule has 0 amide bonds. The van der Waals surface area contributed by atoms with Crippen LogP contribution < -0.4 is 0 Å². The van der Waals surface area contributed by atoms with E-state index in [0.717, 1.165) is 19.6 Å². The van der Waals surface area contributed by atoms with Gasteiger partial charge in [-0.15, -0.1) is 11.3 Å². The summed E-state index contributed by atoms with van der Waals surface area (Å²) in [4.78, 5) is 20.4. The van der Waals surface area contributed by atoms with Gasteiger partial charge in [-0.25, -0.2) is 14.8 Å². The number of carbonyl (C=O) groups excluding carboxylic acids is 1. The predicted octanol–water partition coefficient (Wildman–Crippen LogP) is 4.02. The van der Waals surface area contributed by atoms with Crippen molar-refractivity contribution in [3.05, 3.63) is 48.2 Å². The summed E-state index contributed by atoms with van der Waals surface area (Å²) in [7, 11) is 0. The quantitative estimate of drug-likeness (QED) is 0.680. The van der Waals surface area contributed by atoms with Crippen molar-refractivity contribution >= 4 is 39.3 Å². The maximum absolute atomic E-state index is 11.6. The Morgan fingerprint density at radius 2 is 2.14 bits per heavy atom. The lowest BCUT2D eigenvalue weighted by molar-refractivity contribution is 0.0525. The van der Waals surface area contributed by atoms with E-state index in [4.69, 9.17) is 4.74 Å². The molecule has 0 aliphatic rings. The number of nitrogens with zero attached hydrogens (tertiary/aromatic N) is 2. The SMILES string of the molecule is CCOC(=O)c1ccc(Sc2nc3ccccc3s2)nc1. The minimum absolute atomic E-state index is 0.346. The highest BCUT2D eigenvalue weighted by Gasteiger charge is 2.09. The number of pyridine rings is 1. The van der Waals surface area contributed by atoms with Crippen LogP contribution in [0.25, 0.3) is 10.2 Å². The van der Waals surface area contributed by atoms with Crippen molar-refractivity contribution in [3.63, 3.8) is 0 Å². The van der Waals surface area contributed by atoms with E-state index in [2.05, 4.69) is 9.97 Å². The van der Waals surface area contributed by atoms with Gasteiger partial charge in [-0.05, 0) is 43.0 Å². The molecule has 3 aromatic rings. The van der Waals surface area contributed by atoms with Gasteiger partial charge in [0.05, 0.1) is 22.4 Å². The lowest BCUT2D eigenvalue weighted by atomic mass is 10.3. The number of para-hydroxylation sites is 1. The molecule has 2 heterocycles. The summed E-state index contributed by atoms with van der Waals surface area (Å²) < 4.78 is 7.02. The Morgan fingerprint density at radius 1 is 1.29 bits per heavy atom. The Bertz CT molecular complexity index is 736. The standard InChI is InChI=1S/C15H12N2O2S2/c1-2-19-14(18)10-7-8-13(16-9-10)21-15-17-11-5-3-4-6-12(11)20-15/h3-9H,2H2,1H3. The highest BCUT2D eigenvalue weighted by Crippen LogP contribution is 2.33. The predicted molar refractivity (Wildman–Crippen MR) is 83.9 cm³/mol. The first kappa shape index (κ1) is 14.0. The monoisotopic (exact) mass is 316 g/mol. The summed E-state index contributed by atoms with van der Waals surface area (Å²) in [5.74, 6) is -0.346. The molecule has 106 valence electrons. The van der Waals surface area contributed by atoms with Gasteiger partial charge in [-0.3, -0.25) is 0 Å². The van der Waals surface area contributed by atoms with Gasteiger partial charge >= 0.3 is 5.97 Å². The summed E-state index contributed by atoms with van der Waals surface area (Å²) >= 11 is 3.12. The van der Waals surface area contributed by atoms with Gasteiger partial charge in [0.25, 0.3) is 0 Å². The van der Waals surface area contributed by atoms with Crippen molar-refractivity contribution in [2.45, 2.75) is 16.3 Å². The Morgan fingerprint density at radius 3 is 2.86 bits per heavy atom. The zero-order valence-corrected chi connectivity index (χ0v) is 12.9. The molecule has 1 aromatic carbocycles. The summed E-state index contributed by atoms with van der Waals surface area (Å²) in [6, 6.07) is 11.6. The zero-order chi connectivity index (χ0) is 14.7. The van der Waals surface area contributed by atoms with Gasteiger partial charge in [0.1, 0.15) is 5.03 Å². The van der Waals surface area contributed by atoms with Crippen LogP contribution in [0.5, 0.6) is 0 Å². The van der Waals surface area contributed by atoms with Crippen molar-refractivity contribution in [2.75, 3.05) is 6.61 Å². The summed E-state index contributed by atoms with van der Waals surface area (Å²) in [5.41, 5.74) is 1.46. The number of aromatic nitrogens is 2. The summed E-state index contributed by atoms with van der Waals surface area (Å²) in [6.45, 7) is 2.14. The number of benzene rings is 1. The fourth-order valence-corrected chi connectivity index (χ4v) is 3.71. The van der Waals surface area contributed by atoms with E-state index in [9.17, 15) is 4.79 Å². The molecular weight excluding hydrogens is 304 g/mol. The van der Waals surface area contributed by atoms with Crippen molar-refractivity contribution in [2.24, 2.45) is 0 Å². The maximum Gasteiger partial charge on any atom is 0.339 e. The second-order valence-electron chi connectivity index (χ2n) is 4.16. The topological polar surface area (TPSA) is 52.1 Å². The lowest BCUT2D eigenvalue weighted by Crippen LogP contribution is -2.04. The van der Waals surface area contributed by atoms with Crippen LogP contribution in [0.3, 0.4) is 0 Å². The molecule has 0 aliphatic carbocycles. The van der Waals surface area contributed by atoms with Gasteiger partial charge in [0, 0.05) is 6.20 Å². The van der Waals surface area contributed by atoms with E-state index in [-0.39, 0.29) is 5.97 Å². The molecule has 0 saturated carbocycles. The molecule has 0 N–H and O–H groups in total. The van der Waals surface area contributed by atoms with Gasteiger partial charge < -0.3 is 4.74 Å². The second kappa shape index (κ2) is 6.24. The largest absolute Gasteiger partial charge is 0.462 e. The Balaban J connectivity index is 1.77. The molecule has 0 radical (unpaired) electrons. The number of carbonyl (C=O) groups is 1. The number of fused-ring (bicyclic) bond motifs is 1. The van der Waals surface area contributed by atoms with Crippen molar-refractivity contribution in [3.8, 4) is 0 Å². The molecule has 0 spiro atoms. The Labute approximate surface area is 130 Å². The molecule has 2 aromatic heterocycles. The third-order valence-electron chi connectivity index (χ3n) is 2.71. The first-order valence-electron chi connectivity index (χ1n) is 6.43. The van der Waals surface area contributed by atoms with Crippen molar-refractivity contribution in [1.82, 2.24) is 9.97 Å². The maximum atomic E-state index is 11.6. The number of hydrogen-bond acceptors (Lipinski definition) is 6. The van der Waals surface area contributed by atoms with Gasteiger partial charge in [0.15, 0.2) is 4.34 Å². The van der Waals surface area contributed by atoms with Gasteiger partial charge in [-0.2, -0.15) is 0 Å². The first-order valence-corrected chi connectivity index (χ1v) is 8.06. The highest BCUT2D eigenvalue weighted by atomic mass is 32.2. The van der Waals surface area contributed by atoms with E-state index in [0.29, 0.717) is 12.2 Å². The van der Waals surface area contributed by atoms with E-state index in [1.165, 1.54) is 18.0 Å². The molecule has 3 rings (SSSR count). The van der Waals surface area contributed by atoms with E-state index >= 15 is 0 Å². The normalized spacial score (nSPS) is 10.7. The first-order chi connectivity index (χ1) is 10.3. The molecule has 0 aliphatic heterocycles. The van der Waals surface area contributed by atoms with Crippen LogP contribution in [0.1, 0.15) is 17.3 Å². The lowest BCUT2D eigenvalue weighted by Gasteiger charge is -2.01. The van der Waals surface area contributed by atoms with Crippen molar-refractivity contribution < 1.29 is 9.53 Å². The number of ether oxygens (including phenoxy) is 1. The van der Waals surface area contributed by atoms with E-state index in [1.807, 2.05) is 30.3 Å². The van der Waals surface area contributed by atoms with Crippen LogP contribution in [0.4, 0.5) is 0 Å². The van der Waals surface area contributed by atoms with Crippen LogP contribution in [0.2, 0.25) is 0 Å². The molecule has 0 atom stereocenters. The minimum Gasteiger partial charge on any atom is -0.462 e. The molecule has 0 unspecified atom stereocenters. The zero-order valence-electron chi connectivity index (χ0n) is 11.3. The fourth-order valence-electron chi connectivity index (χ4n) is 1.76. The molecular formula is C15H12N2O2S2. The van der Waals surface area contributed by atoms with Gasteiger partial charge in [-0.1, -0.05) is 12.1 Å². The average Bonchev–Trinajstić information content (AvgIpc) is 2.90. The van der Waals surface area contributed by atoms with Crippen LogP contribution >= 0.6 is 23.1 Å². The number of rotatable bonds is 4. The second-order valence-corrected chi connectivity index (χ2v) is 6.45. The summed E-state index contributed by atoms with van der Waals surface area (Å²) in [6.07, 6.45) is 1.54. The average molecular weight is 316 g/mol. The number of hydrogen-bond donors (Lipinski definition) is 0. The third-order valence-corrected chi connectivity index (χ3v) is 4.76. The number of thiazole rings is 1. The molecule has 0 fully saturated rings. The van der Waals surface area contributed by atoms with Crippen LogP contribution in [0, 0.1) is 0 Å². The van der Waals surface area contributed by atoms with E-state index in [1.54, 1.807) is 24.3 Å². The fraction of sp³-hybridized carbons (Fsp3) is 0.133. The Kier molecular flexibility index (Phi) is 4.17. The van der Waals surface area contributed by atoms with Gasteiger partial charge in [0.2, 0.25) is 0 Å². The molecule has 0 saturated heterocycles. The van der Waals surface area contributed by atoms with Crippen LogP contribution in [-0.2, 0) is 4.74 Å². The molecule has 21 heavy (non-hydrogen) atoms. The Hall–Kier alpha value is -1.92. The molecule has 6 heteroatoms. The van der Waals surface area contributed by atoms with Crippen LogP contribution in [-0.4, -0.2) is 22.5 Å². The van der Waals surface area contributed by atoms with Crippen LogP contribution in [0.15, 0.2) is 52.0 Å².